The number of carbonyl (C=O) groups is 2. The predicted octanol–water partition coefficient (Wildman–Crippen LogP) is 5.25. The summed E-state index contributed by atoms with van der Waals surface area (Å²) in [5, 5.41) is 10.6. The zero-order chi connectivity index (χ0) is 24.0. The fourth-order valence-electron chi connectivity index (χ4n) is 2.61. The summed E-state index contributed by atoms with van der Waals surface area (Å²) < 4.78 is 37.9. The van der Waals surface area contributed by atoms with E-state index >= 15 is 0 Å². The highest BCUT2D eigenvalue weighted by Crippen LogP contribution is 2.30. The van der Waals surface area contributed by atoms with Gasteiger partial charge in [0.2, 0.25) is 0 Å². The van der Waals surface area contributed by atoms with Crippen LogP contribution in [0.4, 0.5) is 18.3 Å². The first-order chi connectivity index (χ1) is 15.7. The molecule has 0 saturated heterocycles. The van der Waals surface area contributed by atoms with Crippen molar-refractivity contribution >= 4 is 38.6 Å². The number of carboxylic acid groups (broad SMARTS) is 1. The molecule has 4 rings (SSSR count). The third kappa shape index (κ3) is 6.26. The monoisotopic (exact) mass is 475 g/mol. The minimum atomic E-state index is -5.08. The van der Waals surface area contributed by atoms with E-state index in [1.165, 1.54) is 11.3 Å². The number of hydrogen-bond donors (Lipinski definition) is 2. The van der Waals surface area contributed by atoms with Crippen LogP contribution in [0, 0.1) is 0 Å². The number of aliphatic carboxylic acids is 1. The first-order valence-electron chi connectivity index (χ1n) is 9.24. The highest BCUT2D eigenvalue weighted by atomic mass is 32.1. The lowest BCUT2D eigenvalue weighted by molar-refractivity contribution is -0.192. The molecule has 1 amide bonds. The van der Waals surface area contributed by atoms with Crippen LogP contribution in [0.15, 0.2) is 67.0 Å². The summed E-state index contributed by atoms with van der Waals surface area (Å²) in [6.07, 6.45) is -1.54. The number of methoxy groups -OCH3 is 1. The molecule has 0 aliphatic carbocycles. The van der Waals surface area contributed by atoms with Gasteiger partial charge in [-0.05, 0) is 59.7 Å². The molecule has 4 aromatic rings. The van der Waals surface area contributed by atoms with E-state index in [4.69, 9.17) is 14.6 Å². The Balaban J connectivity index is 0.000000383. The van der Waals surface area contributed by atoms with Crippen LogP contribution in [0.25, 0.3) is 21.3 Å². The van der Waals surface area contributed by atoms with E-state index in [1.54, 1.807) is 43.8 Å². The Morgan fingerprint density at radius 1 is 1.00 bits per heavy atom. The molecule has 2 N–H and O–H groups in total. The van der Waals surface area contributed by atoms with Gasteiger partial charge in [0.25, 0.3) is 5.91 Å². The topological polar surface area (TPSA) is 101 Å². The molecule has 0 atom stereocenters. The highest BCUT2D eigenvalue weighted by Gasteiger charge is 2.38. The number of aromatic nitrogens is 2. The van der Waals surface area contributed by atoms with E-state index in [2.05, 4.69) is 21.4 Å². The maximum Gasteiger partial charge on any atom is 0.490 e. The summed E-state index contributed by atoms with van der Waals surface area (Å²) in [5.74, 6) is -2.24. The van der Waals surface area contributed by atoms with Crippen LogP contribution in [-0.2, 0) is 4.79 Å². The molecule has 0 aliphatic heterocycles. The van der Waals surface area contributed by atoms with Gasteiger partial charge < -0.3 is 9.84 Å². The van der Waals surface area contributed by atoms with Gasteiger partial charge in [-0.25, -0.2) is 9.78 Å². The first-order valence-corrected chi connectivity index (χ1v) is 10.1. The Bertz CT molecular complexity index is 1260. The Morgan fingerprint density at radius 2 is 1.64 bits per heavy atom. The quantitative estimate of drug-likeness (QED) is 0.418. The Labute approximate surface area is 189 Å². The normalized spacial score (nSPS) is 10.8. The van der Waals surface area contributed by atoms with Gasteiger partial charge in [-0.2, -0.15) is 13.2 Å². The molecule has 11 heteroatoms. The van der Waals surface area contributed by atoms with Crippen LogP contribution in [0.1, 0.15) is 10.4 Å². The molecule has 2 heterocycles. The third-order valence-electron chi connectivity index (χ3n) is 4.22. The zero-order valence-corrected chi connectivity index (χ0v) is 17.8. The van der Waals surface area contributed by atoms with Gasteiger partial charge in [-0.15, -0.1) is 0 Å². The van der Waals surface area contributed by atoms with E-state index in [0.29, 0.717) is 16.4 Å². The number of carboxylic acids is 1. The molecule has 7 nitrogen and oxygen atoms in total. The molecule has 0 unspecified atom stereocenters. The van der Waals surface area contributed by atoms with Crippen molar-refractivity contribution in [2.45, 2.75) is 6.18 Å². The largest absolute Gasteiger partial charge is 0.497 e. The number of nitrogens with one attached hydrogen (secondary N) is 1. The van der Waals surface area contributed by atoms with Crippen LogP contribution < -0.4 is 10.1 Å². The number of nitrogens with zero attached hydrogens (tertiary/aromatic N) is 2. The van der Waals surface area contributed by atoms with Crippen LogP contribution in [-0.4, -0.2) is 40.2 Å². The van der Waals surface area contributed by atoms with Gasteiger partial charge in [0.15, 0.2) is 5.13 Å². The highest BCUT2D eigenvalue weighted by molar-refractivity contribution is 7.22. The number of carbonyl (C=O) groups excluding carboxylic acids is 1. The van der Waals surface area contributed by atoms with E-state index in [-0.39, 0.29) is 5.91 Å². The van der Waals surface area contributed by atoms with Crippen molar-refractivity contribution in [2.75, 3.05) is 12.4 Å². The van der Waals surface area contributed by atoms with Crippen molar-refractivity contribution in [1.82, 2.24) is 9.97 Å². The first kappa shape index (κ1) is 23.7. The number of anilines is 1. The molecule has 0 bridgehead atoms. The maximum absolute atomic E-state index is 12.4. The molecular formula is C22H16F3N3O4S. The van der Waals surface area contributed by atoms with Crippen molar-refractivity contribution in [1.29, 1.82) is 0 Å². The fourth-order valence-corrected chi connectivity index (χ4v) is 3.51. The average molecular weight is 475 g/mol. The van der Waals surface area contributed by atoms with Crippen LogP contribution in [0.3, 0.4) is 0 Å². The van der Waals surface area contributed by atoms with E-state index in [9.17, 15) is 18.0 Å². The zero-order valence-electron chi connectivity index (χ0n) is 17.0. The van der Waals surface area contributed by atoms with Crippen molar-refractivity contribution in [3.05, 3.63) is 72.6 Å². The molecule has 0 aliphatic rings. The van der Waals surface area contributed by atoms with E-state index < -0.39 is 12.1 Å². The molecule has 2 aromatic carbocycles. The second kappa shape index (κ2) is 10.1. The molecule has 0 saturated carbocycles. The van der Waals surface area contributed by atoms with E-state index in [1.807, 2.05) is 24.3 Å². The summed E-state index contributed by atoms with van der Waals surface area (Å²) >= 11 is 1.45. The molecule has 0 spiro atoms. The summed E-state index contributed by atoms with van der Waals surface area (Å²) in [5.41, 5.74) is 3.61. The second-order valence-electron chi connectivity index (χ2n) is 6.42. The predicted molar refractivity (Wildman–Crippen MR) is 117 cm³/mol. The van der Waals surface area contributed by atoms with Gasteiger partial charge in [-0.1, -0.05) is 17.4 Å². The van der Waals surface area contributed by atoms with Gasteiger partial charge >= 0.3 is 12.1 Å². The maximum atomic E-state index is 12.4. The number of rotatable bonds is 4. The molecular weight excluding hydrogens is 459 g/mol. The number of ether oxygens (including phenoxy) is 1. The van der Waals surface area contributed by atoms with Gasteiger partial charge in [0, 0.05) is 18.0 Å². The number of hydrogen-bond acceptors (Lipinski definition) is 6. The lowest BCUT2D eigenvalue weighted by Gasteiger charge is -2.03. The standard InChI is InChI=1S/C20H15N3O2S.C2HF3O2/c1-25-16-5-2-14(3-6-16)19(24)23-20-22-17-7-4-15(12-18(17)26-20)13-8-10-21-11-9-13;3-2(4,5)1(6)7/h2-12H,1H3,(H,22,23,24);(H,6,7). The van der Waals surface area contributed by atoms with Crippen molar-refractivity contribution in [3.63, 3.8) is 0 Å². The molecule has 33 heavy (non-hydrogen) atoms. The lowest BCUT2D eigenvalue weighted by atomic mass is 10.1. The molecule has 0 fully saturated rings. The minimum absolute atomic E-state index is 0.193. The average Bonchev–Trinajstić information content (AvgIpc) is 3.21. The second-order valence-corrected chi connectivity index (χ2v) is 7.45. The minimum Gasteiger partial charge on any atom is -0.497 e. The smallest absolute Gasteiger partial charge is 0.490 e. The van der Waals surface area contributed by atoms with Crippen molar-refractivity contribution in [3.8, 4) is 16.9 Å². The lowest BCUT2D eigenvalue weighted by Crippen LogP contribution is -2.21. The number of benzene rings is 2. The number of thiazole rings is 1. The Kier molecular flexibility index (Phi) is 7.23. The fraction of sp³-hybridized carbons (Fsp3) is 0.0909. The third-order valence-corrected chi connectivity index (χ3v) is 5.15. The number of fused-ring (bicyclic) bond motifs is 1. The van der Waals surface area contributed by atoms with Gasteiger partial charge in [0.05, 0.1) is 17.3 Å². The van der Waals surface area contributed by atoms with Crippen molar-refractivity contribution < 1.29 is 32.6 Å². The van der Waals surface area contributed by atoms with Gasteiger partial charge in [-0.3, -0.25) is 15.1 Å². The van der Waals surface area contributed by atoms with Crippen LogP contribution in [0.5, 0.6) is 5.75 Å². The molecule has 2 aromatic heterocycles. The van der Waals surface area contributed by atoms with Crippen molar-refractivity contribution in [2.24, 2.45) is 0 Å². The van der Waals surface area contributed by atoms with Crippen LogP contribution in [0.2, 0.25) is 0 Å². The number of pyridine rings is 1. The Hall–Kier alpha value is -3.99. The molecule has 170 valence electrons. The number of halogens is 3. The summed E-state index contributed by atoms with van der Waals surface area (Å²) in [7, 11) is 1.59. The Morgan fingerprint density at radius 3 is 2.21 bits per heavy atom. The SMILES string of the molecule is COc1ccc(C(=O)Nc2nc3ccc(-c4ccncc4)cc3s2)cc1.O=C(O)C(F)(F)F. The van der Waals surface area contributed by atoms with Crippen LogP contribution >= 0.6 is 11.3 Å². The summed E-state index contributed by atoms with van der Waals surface area (Å²) in [4.78, 5) is 29.8. The summed E-state index contributed by atoms with van der Waals surface area (Å²) in [6, 6.07) is 17.0. The number of amides is 1. The van der Waals surface area contributed by atoms with Gasteiger partial charge in [0.1, 0.15) is 5.75 Å². The molecule has 0 radical (unpaired) electrons. The van der Waals surface area contributed by atoms with E-state index in [0.717, 1.165) is 21.3 Å². The number of alkyl halides is 3. The summed E-state index contributed by atoms with van der Waals surface area (Å²) in [6.45, 7) is 0.